The van der Waals surface area contributed by atoms with Crippen molar-refractivity contribution >= 4 is 5.78 Å². The van der Waals surface area contributed by atoms with Crippen molar-refractivity contribution in [3.8, 4) is 5.75 Å². The predicted octanol–water partition coefficient (Wildman–Crippen LogP) is 3.88. The summed E-state index contributed by atoms with van der Waals surface area (Å²) in [5, 5.41) is 0. The van der Waals surface area contributed by atoms with E-state index in [0.717, 1.165) is 11.1 Å². The van der Waals surface area contributed by atoms with Gasteiger partial charge in [0.05, 0.1) is 7.11 Å². The van der Waals surface area contributed by atoms with Crippen LogP contribution in [0, 0.1) is 19.7 Å². The highest BCUT2D eigenvalue weighted by atomic mass is 19.1. The van der Waals surface area contributed by atoms with Crippen molar-refractivity contribution in [3.05, 3.63) is 64.5 Å². The predicted molar refractivity (Wildman–Crippen MR) is 76.9 cm³/mol. The fourth-order valence-corrected chi connectivity index (χ4v) is 2.14. The van der Waals surface area contributed by atoms with Crippen LogP contribution in [0.2, 0.25) is 0 Å². The first-order valence-corrected chi connectivity index (χ1v) is 6.44. The van der Waals surface area contributed by atoms with Crippen molar-refractivity contribution in [2.75, 3.05) is 7.11 Å². The maximum atomic E-state index is 13.6. The van der Waals surface area contributed by atoms with E-state index in [1.807, 2.05) is 32.0 Å². The number of rotatable bonds is 4. The highest BCUT2D eigenvalue weighted by Crippen LogP contribution is 2.20. The molecule has 104 valence electrons. The van der Waals surface area contributed by atoms with Gasteiger partial charge in [-0.3, -0.25) is 4.79 Å². The third kappa shape index (κ3) is 3.05. The highest BCUT2D eigenvalue weighted by Gasteiger charge is 2.12. The second-order valence-corrected chi connectivity index (χ2v) is 4.89. The molecular formula is C17H17FO2. The molecule has 3 heteroatoms. The Morgan fingerprint density at radius 2 is 1.90 bits per heavy atom. The van der Waals surface area contributed by atoms with Crippen LogP contribution in [0.25, 0.3) is 0 Å². The molecule has 2 rings (SSSR count). The maximum Gasteiger partial charge on any atom is 0.167 e. The Kier molecular flexibility index (Phi) is 4.18. The lowest BCUT2D eigenvalue weighted by molar-refractivity contribution is 0.0992. The Balaban J connectivity index is 2.23. The van der Waals surface area contributed by atoms with Gasteiger partial charge in [0, 0.05) is 12.0 Å². The molecule has 0 saturated carbocycles. The van der Waals surface area contributed by atoms with Crippen molar-refractivity contribution in [2.45, 2.75) is 20.3 Å². The van der Waals surface area contributed by atoms with E-state index in [2.05, 4.69) is 0 Å². The molecule has 20 heavy (non-hydrogen) atoms. The van der Waals surface area contributed by atoms with Gasteiger partial charge in [-0.2, -0.15) is 0 Å². The summed E-state index contributed by atoms with van der Waals surface area (Å²) < 4.78 is 18.5. The molecule has 0 spiro atoms. The van der Waals surface area contributed by atoms with E-state index in [1.165, 1.54) is 13.2 Å². The van der Waals surface area contributed by atoms with E-state index >= 15 is 0 Å². The first-order valence-electron chi connectivity index (χ1n) is 6.44. The van der Waals surface area contributed by atoms with Gasteiger partial charge < -0.3 is 4.74 Å². The number of hydrogen-bond donors (Lipinski definition) is 0. The van der Waals surface area contributed by atoms with Gasteiger partial charge in [-0.15, -0.1) is 0 Å². The molecule has 0 atom stereocenters. The first-order chi connectivity index (χ1) is 9.51. The minimum Gasteiger partial charge on any atom is -0.494 e. The van der Waals surface area contributed by atoms with Crippen molar-refractivity contribution in [1.29, 1.82) is 0 Å². The number of hydrogen-bond acceptors (Lipinski definition) is 2. The van der Waals surface area contributed by atoms with Crippen molar-refractivity contribution in [1.82, 2.24) is 0 Å². The smallest absolute Gasteiger partial charge is 0.167 e. The molecule has 0 aliphatic carbocycles. The number of halogens is 1. The summed E-state index contributed by atoms with van der Waals surface area (Å²) in [7, 11) is 1.42. The van der Waals surface area contributed by atoms with Crippen molar-refractivity contribution < 1.29 is 13.9 Å². The van der Waals surface area contributed by atoms with Crippen LogP contribution < -0.4 is 4.74 Å². The largest absolute Gasteiger partial charge is 0.494 e. The normalized spacial score (nSPS) is 10.4. The second kappa shape index (κ2) is 5.87. The lowest BCUT2D eigenvalue weighted by atomic mass is 9.97. The molecule has 0 unspecified atom stereocenters. The van der Waals surface area contributed by atoms with Crippen LogP contribution in [-0.2, 0) is 6.42 Å². The summed E-state index contributed by atoms with van der Waals surface area (Å²) in [6.07, 6.45) is 0.186. The number of Topliss-reactive ketones (excluding diaryl/α,β-unsaturated/α-hetero) is 1. The minimum absolute atomic E-state index is 0.00392. The molecule has 2 aromatic carbocycles. The minimum atomic E-state index is -0.446. The number of methoxy groups -OCH3 is 1. The number of ketones is 1. The van der Waals surface area contributed by atoms with Crippen molar-refractivity contribution in [2.24, 2.45) is 0 Å². The quantitative estimate of drug-likeness (QED) is 0.790. The molecule has 2 nitrogen and oxygen atoms in total. The van der Waals surface area contributed by atoms with E-state index in [0.29, 0.717) is 11.1 Å². The Hall–Kier alpha value is -2.16. The van der Waals surface area contributed by atoms with Gasteiger partial charge in [0.25, 0.3) is 0 Å². The van der Waals surface area contributed by atoms with Crippen LogP contribution in [0.5, 0.6) is 5.75 Å². The fourth-order valence-electron chi connectivity index (χ4n) is 2.14. The van der Waals surface area contributed by atoms with Crippen molar-refractivity contribution in [3.63, 3.8) is 0 Å². The zero-order valence-corrected chi connectivity index (χ0v) is 11.9. The molecule has 0 N–H and O–H groups in total. The summed E-state index contributed by atoms with van der Waals surface area (Å²) in [6.45, 7) is 3.85. The van der Waals surface area contributed by atoms with E-state index in [4.69, 9.17) is 4.74 Å². The van der Waals surface area contributed by atoms with E-state index in [-0.39, 0.29) is 18.0 Å². The third-order valence-corrected chi connectivity index (χ3v) is 3.27. The van der Waals surface area contributed by atoms with E-state index < -0.39 is 5.82 Å². The van der Waals surface area contributed by atoms with Crippen LogP contribution in [0.3, 0.4) is 0 Å². The summed E-state index contributed by atoms with van der Waals surface area (Å²) in [4.78, 5) is 12.3. The zero-order chi connectivity index (χ0) is 14.7. The number of carbonyl (C=O) groups excluding carboxylic acids is 1. The molecular weight excluding hydrogens is 255 g/mol. The number of carbonyl (C=O) groups is 1. The Morgan fingerprint density at radius 3 is 2.55 bits per heavy atom. The molecule has 0 aromatic heterocycles. The summed E-state index contributed by atoms with van der Waals surface area (Å²) in [5.41, 5.74) is 3.32. The molecule has 0 bridgehead atoms. The number of benzene rings is 2. The maximum absolute atomic E-state index is 13.6. The Bertz CT molecular complexity index is 647. The summed E-state index contributed by atoms with van der Waals surface area (Å²) in [6, 6.07) is 10.4. The molecule has 0 fully saturated rings. The summed E-state index contributed by atoms with van der Waals surface area (Å²) in [5.74, 6) is -0.262. The van der Waals surface area contributed by atoms with Crippen LogP contribution in [0.4, 0.5) is 4.39 Å². The molecule has 0 radical (unpaired) electrons. The van der Waals surface area contributed by atoms with Crippen LogP contribution in [0.1, 0.15) is 27.0 Å². The molecule has 0 saturated heterocycles. The van der Waals surface area contributed by atoms with Crippen LogP contribution >= 0.6 is 0 Å². The third-order valence-electron chi connectivity index (χ3n) is 3.27. The second-order valence-electron chi connectivity index (χ2n) is 4.89. The number of aryl methyl sites for hydroxylation is 2. The van der Waals surface area contributed by atoms with Crippen LogP contribution in [0.15, 0.2) is 36.4 Å². The first kappa shape index (κ1) is 14.3. The standard InChI is InChI=1S/C17H17FO2/c1-11-4-5-12(2)14(8-11)16(19)10-13-6-7-17(20-3)15(18)9-13/h4-9H,10H2,1-3H3. The van der Waals surface area contributed by atoms with Gasteiger partial charge in [-0.1, -0.05) is 23.8 Å². The molecule has 0 amide bonds. The van der Waals surface area contributed by atoms with Gasteiger partial charge in [0.2, 0.25) is 0 Å². The number of ether oxygens (including phenoxy) is 1. The van der Waals surface area contributed by atoms with Crippen LogP contribution in [-0.4, -0.2) is 12.9 Å². The monoisotopic (exact) mass is 272 g/mol. The van der Waals surface area contributed by atoms with Gasteiger partial charge in [-0.25, -0.2) is 4.39 Å². The van der Waals surface area contributed by atoms with Gasteiger partial charge in [0.15, 0.2) is 17.3 Å². The molecule has 0 heterocycles. The average molecular weight is 272 g/mol. The Morgan fingerprint density at radius 1 is 1.15 bits per heavy atom. The lowest BCUT2D eigenvalue weighted by Gasteiger charge is -2.08. The Labute approximate surface area is 118 Å². The molecule has 2 aromatic rings. The highest BCUT2D eigenvalue weighted by molar-refractivity contribution is 5.98. The van der Waals surface area contributed by atoms with Gasteiger partial charge in [0.1, 0.15) is 0 Å². The van der Waals surface area contributed by atoms with Gasteiger partial charge >= 0.3 is 0 Å². The topological polar surface area (TPSA) is 26.3 Å². The van der Waals surface area contributed by atoms with E-state index in [9.17, 15) is 9.18 Å². The zero-order valence-electron chi connectivity index (χ0n) is 11.9. The fraction of sp³-hybridized carbons (Fsp3) is 0.235. The van der Waals surface area contributed by atoms with E-state index in [1.54, 1.807) is 12.1 Å². The summed E-state index contributed by atoms with van der Waals surface area (Å²) >= 11 is 0. The average Bonchev–Trinajstić information content (AvgIpc) is 2.41. The molecule has 0 aliphatic heterocycles. The molecule has 0 aliphatic rings. The lowest BCUT2D eigenvalue weighted by Crippen LogP contribution is -2.06. The van der Waals surface area contributed by atoms with Gasteiger partial charge in [-0.05, 0) is 43.2 Å². The SMILES string of the molecule is COc1ccc(CC(=O)c2cc(C)ccc2C)cc1F.